The van der Waals surface area contributed by atoms with E-state index < -0.39 is 0 Å². The third kappa shape index (κ3) is 1.91. The number of piperidine rings is 1. The van der Waals surface area contributed by atoms with Gasteiger partial charge in [0.1, 0.15) is 6.61 Å². The van der Waals surface area contributed by atoms with Crippen molar-refractivity contribution in [1.29, 1.82) is 0 Å². The van der Waals surface area contributed by atoms with Crippen molar-refractivity contribution in [2.45, 2.75) is 18.9 Å². The highest BCUT2D eigenvalue weighted by atomic mass is 16.5. The second-order valence-electron chi connectivity index (χ2n) is 4.17. The molecule has 4 heteroatoms. The summed E-state index contributed by atoms with van der Waals surface area (Å²) in [5.41, 5.74) is 0. The molecule has 4 nitrogen and oxygen atoms in total. The van der Waals surface area contributed by atoms with Gasteiger partial charge in [0.25, 0.3) is 0 Å². The van der Waals surface area contributed by atoms with Crippen molar-refractivity contribution in [3.8, 4) is 0 Å². The lowest BCUT2D eigenvalue weighted by atomic mass is 9.92. The Morgan fingerprint density at radius 3 is 3.21 bits per heavy atom. The monoisotopic (exact) mass is 198 g/mol. The fourth-order valence-electron chi connectivity index (χ4n) is 2.47. The normalized spacial score (nSPS) is 31.6. The van der Waals surface area contributed by atoms with Gasteiger partial charge in [0, 0.05) is 26.2 Å². The van der Waals surface area contributed by atoms with Crippen LogP contribution in [0.15, 0.2) is 0 Å². The number of carbonyl (C=O) groups is 1. The largest absolute Gasteiger partial charge is 0.375 e. The Labute approximate surface area is 84.6 Å². The molecule has 14 heavy (non-hydrogen) atoms. The van der Waals surface area contributed by atoms with E-state index in [0.29, 0.717) is 6.04 Å². The first kappa shape index (κ1) is 9.93. The summed E-state index contributed by atoms with van der Waals surface area (Å²) in [4.78, 5) is 13.5. The summed E-state index contributed by atoms with van der Waals surface area (Å²) in [6, 6.07) is 0.532. The Morgan fingerprint density at radius 2 is 2.43 bits per heavy atom. The average Bonchev–Trinajstić information content (AvgIpc) is 2.64. The van der Waals surface area contributed by atoms with E-state index in [1.54, 1.807) is 7.11 Å². The van der Waals surface area contributed by atoms with Crippen LogP contribution in [0.4, 0.5) is 0 Å². The van der Waals surface area contributed by atoms with Crippen LogP contribution in [0.2, 0.25) is 0 Å². The zero-order valence-electron chi connectivity index (χ0n) is 8.66. The highest BCUT2D eigenvalue weighted by Crippen LogP contribution is 2.24. The molecule has 80 valence electrons. The van der Waals surface area contributed by atoms with E-state index in [2.05, 4.69) is 5.32 Å². The summed E-state index contributed by atoms with van der Waals surface area (Å²) in [6.07, 6.45) is 2.42. The molecule has 1 amide bonds. The van der Waals surface area contributed by atoms with Crippen LogP contribution in [0.1, 0.15) is 12.8 Å². The van der Waals surface area contributed by atoms with E-state index in [-0.39, 0.29) is 12.5 Å². The van der Waals surface area contributed by atoms with E-state index in [0.717, 1.165) is 32.0 Å². The fourth-order valence-corrected chi connectivity index (χ4v) is 2.47. The summed E-state index contributed by atoms with van der Waals surface area (Å²) in [6.45, 7) is 3.11. The number of fused-ring (bicyclic) bond motifs is 1. The van der Waals surface area contributed by atoms with Crippen LogP contribution in [-0.4, -0.2) is 50.2 Å². The Balaban J connectivity index is 1.87. The van der Waals surface area contributed by atoms with E-state index in [9.17, 15) is 4.79 Å². The molecular weight excluding hydrogens is 180 g/mol. The number of carbonyl (C=O) groups excluding carboxylic acids is 1. The highest BCUT2D eigenvalue weighted by Gasteiger charge is 2.33. The second-order valence-corrected chi connectivity index (χ2v) is 4.17. The number of hydrogen-bond donors (Lipinski definition) is 1. The van der Waals surface area contributed by atoms with E-state index >= 15 is 0 Å². The zero-order valence-corrected chi connectivity index (χ0v) is 8.66. The maximum Gasteiger partial charge on any atom is 0.248 e. The minimum Gasteiger partial charge on any atom is -0.375 e. The summed E-state index contributed by atoms with van der Waals surface area (Å²) in [5.74, 6) is 0.918. The quantitative estimate of drug-likeness (QED) is 0.670. The molecule has 2 aliphatic rings. The molecule has 0 spiro atoms. The number of methoxy groups -OCH3 is 1. The smallest absolute Gasteiger partial charge is 0.248 e. The van der Waals surface area contributed by atoms with Crippen molar-refractivity contribution in [3.05, 3.63) is 0 Å². The lowest BCUT2D eigenvalue weighted by Crippen LogP contribution is -2.49. The van der Waals surface area contributed by atoms with Gasteiger partial charge in [-0.15, -0.1) is 0 Å². The van der Waals surface area contributed by atoms with Crippen LogP contribution in [0, 0.1) is 5.92 Å². The lowest BCUT2D eigenvalue weighted by Gasteiger charge is -2.34. The summed E-state index contributed by atoms with van der Waals surface area (Å²) in [5, 5.41) is 3.45. The van der Waals surface area contributed by atoms with Gasteiger partial charge in [-0.05, 0) is 25.3 Å². The first-order valence-corrected chi connectivity index (χ1v) is 5.31. The van der Waals surface area contributed by atoms with E-state index in [1.807, 2.05) is 4.90 Å². The molecule has 0 aliphatic carbocycles. The van der Waals surface area contributed by atoms with Gasteiger partial charge in [0.2, 0.25) is 5.91 Å². The number of hydrogen-bond acceptors (Lipinski definition) is 3. The molecule has 1 N–H and O–H groups in total. The molecule has 0 bridgehead atoms. The molecule has 2 heterocycles. The topological polar surface area (TPSA) is 41.6 Å². The lowest BCUT2D eigenvalue weighted by molar-refractivity contribution is -0.136. The third-order valence-electron chi connectivity index (χ3n) is 3.30. The fraction of sp³-hybridized carbons (Fsp3) is 0.900. The predicted octanol–water partition coefficient (Wildman–Crippen LogP) is -0.157. The minimum absolute atomic E-state index is 0.125. The molecule has 0 aromatic rings. The molecule has 0 aromatic carbocycles. The van der Waals surface area contributed by atoms with Gasteiger partial charge >= 0.3 is 0 Å². The number of rotatable bonds is 2. The molecule has 2 fully saturated rings. The number of amides is 1. The SMILES string of the molecule is COCC(=O)N1CC[C@@H]2CCN[C@@H]2C1. The van der Waals surface area contributed by atoms with Gasteiger partial charge in [-0.3, -0.25) is 4.79 Å². The van der Waals surface area contributed by atoms with Crippen LogP contribution in [0.5, 0.6) is 0 Å². The number of likely N-dealkylation sites (tertiary alicyclic amines) is 1. The van der Waals surface area contributed by atoms with Crippen LogP contribution in [-0.2, 0) is 9.53 Å². The highest BCUT2D eigenvalue weighted by molar-refractivity contribution is 5.77. The van der Waals surface area contributed by atoms with Crippen molar-refractivity contribution in [2.24, 2.45) is 5.92 Å². The Morgan fingerprint density at radius 1 is 1.57 bits per heavy atom. The minimum atomic E-state index is 0.125. The van der Waals surface area contributed by atoms with Gasteiger partial charge in [0.05, 0.1) is 0 Å². The molecule has 0 radical (unpaired) electrons. The maximum atomic E-state index is 11.6. The molecule has 0 unspecified atom stereocenters. The van der Waals surface area contributed by atoms with Gasteiger partial charge in [0.15, 0.2) is 0 Å². The van der Waals surface area contributed by atoms with Gasteiger partial charge in [-0.2, -0.15) is 0 Å². The van der Waals surface area contributed by atoms with Crippen LogP contribution >= 0.6 is 0 Å². The Bertz CT molecular complexity index is 220. The molecule has 2 aliphatic heterocycles. The molecular formula is C10H18N2O2. The molecule has 2 saturated heterocycles. The average molecular weight is 198 g/mol. The molecule has 0 saturated carbocycles. The van der Waals surface area contributed by atoms with Gasteiger partial charge in [-0.25, -0.2) is 0 Å². The second kappa shape index (κ2) is 4.28. The molecule has 2 rings (SSSR count). The molecule has 0 aromatic heterocycles. The predicted molar refractivity (Wildman–Crippen MR) is 53.0 cm³/mol. The van der Waals surface area contributed by atoms with Crippen molar-refractivity contribution in [2.75, 3.05) is 33.4 Å². The van der Waals surface area contributed by atoms with Crippen molar-refractivity contribution >= 4 is 5.91 Å². The Kier molecular flexibility index (Phi) is 3.03. The van der Waals surface area contributed by atoms with Crippen molar-refractivity contribution in [1.82, 2.24) is 10.2 Å². The van der Waals surface area contributed by atoms with Crippen LogP contribution in [0.3, 0.4) is 0 Å². The van der Waals surface area contributed by atoms with E-state index in [4.69, 9.17) is 4.74 Å². The Hall–Kier alpha value is -0.610. The zero-order chi connectivity index (χ0) is 9.97. The summed E-state index contributed by atoms with van der Waals surface area (Å²) >= 11 is 0. The van der Waals surface area contributed by atoms with Crippen LogP contribution in [0.25, 0.3) is 0 Å². The van der Waals surface area contributed by atoms with Crippen LogP contribution < -0.4 is 5.32 Å². The van der Waals surface area contributed by atoms with Gasteiger partial charge < -0.3 is 15.0 Å². The van der Waals surface area contributed by atoms with Gasteiger partial charge in [-0.1, -0.05) is 0 Å². The number of nitrogens with one attached hydrogen (secondary N) is 1. The first-order valence-electron chi connectivity index (χ1n) is 5.31. The number of nitrogens with zero attached hydrogens (tertiary/aromatic N) is 1. The first-order chi connectivity index (χ1) is 6.81. The maximum absolute atomic E-state index is 11.6. The van der Waals surface area contributed by atoms with Crippen molar-refractivity contribution in [3.63, 3.8) is 0 Å². The standard InChI is InChI=1S/C10H18N2O2/c1-14-7-10(13)12-5-3-8-2-4-11-9(8)6-12/h8-9,11H,2-7H2,1H3/t8-,9+/m0/s1. The van der Waals surface area contributed by atoms with E-state index in [1.165, 1.54) is 6.42 Å². The molecule has 2 atom stereocenters. The summed E-state index contributed by atoms with van der Waals surface area (Å²) in [7, 11) is 1.57. The number of ether oxygens (including phenoxy) is 1. The van der Waals surface area contributed by atoms with Crippen molar-refractivity contribution < 1.29 is 9.53 Å². The summed E-state index contributed by atoms with van der Waals surface area (Å²) < 4.78 is 4.86. The third-order valence-corrected chi connectivity index (χ3v) is 3.30.